The second kappa shape index (κ2) is 8.14. The Kier molecular flexibility index (Phi) is 7.07. The lowest BCUT2D eigenvalue weighted by atomic mass is 10.1. The molecule has 0 radical (unpaired) electrons. The van der Waals surface area contributed by atoms with E-state index in [1.54, 1.807) is 0 Å². The zero-order valence-electron chi connectivity index (χ0n) is 9.64. The molecule has 0 spiro atoms. The molecule has 15 heavy (non-hydrogen) atoms. The molecule has 84 valence electrons. The average Bonchev–Trinajstić information content (AvgIpc) is 2.25. The molecule has 0 heterocycles. The van der Waals surface area contributed by atoms with E-state index >= 15 is 0 Å². The van der Waals surface area contributed by atoms with Gasteiger partial charge in [0, 0.05) is 3.57 Å². The molecule has 1 heteroatoms. The Morgan fingerprint density at radius 3 is 2.33 bits per heavy atom. The number of halogens is 1. The predicted octanol–water partition coefficient (Wildman–Crippen LogP) is 5.19. The summed E-state index contributed by atoms with van der Waals surface area (Å²) >= 11 is 2.43. The number of aryl methyl sites for hydroxylation is 1. The van der Waals surface area contributed by atoms with E-state index in [4.69, 9.17) is 0 Å². The van der Waals surface area contributed by atoms with Crippen LogP contribution in [-0.2, 0) is 6.42 Å². The van der Waals surface area contributed by atoms with Crippen molar-refractivity contribution in [3.63, 3.8) is 0 Å². The van der Waals surface area contributed by atoms with Crippen molar-refractivity contribution in [1.82, 2.24) is 0 Å². The van der Waals surface area contributed by atoms with Gasteiger partial charge in [0.25, 0.3) is 0 Å². The minimum absolute atomic E-state index is 1.26. The predicted molar refractivity (Wildman–Crippen MR) is 76.2 cm³/mol. The largest absolute Gasteiger partial charge is 0.0654 e. The standard InChI is InChI=1S/C14H21I/c1-2-3-4-5-6-7-10-13-11-8-9-12-14(13)15/h8-9,11-12H,2-7,10H2,1H3. The van der Waals surface area contributed by atoms with E-state index in [0.29, 0.717) is 0 Å². The van der Waals surface area contributed by atoms with Gasteiger partial charge in [0.05, 0.1) is 0 Å². The third-order valence-electron chi connectivity index (χ3n) is 2.76. The van der Waals surface area contributed by atoms with Gasteiger partial charge in [-0.1, -0.05) is 57.2 Å². The fraction of sp³-hybridized carbons (Fsp3) is 0.571. The van der Waals surface area contributed by atoms with Gasteiger partial charge in [-0.05, 0) is 47.1 Å². The second-order valence-electron chi connectivity index (χ2n) is 4.11. The minimum atomic E-state index is 1.26. The Balaban J connectivity index is 2.12. The summed E-state index contributed by atoms with van der Waals surface area (Å²) in [5.74, 6) is 0. The molecule has 0 unspecified atom stereocenters. The SMILES string of the molecule is CCCCCCCCc1ccccc1I. The van der Waals surface area contributed by atoms with Crippen molar-refractivity contribution in [2.75, 3.05) is 0 Å². The van der Waals surface area contributed by atoms with Crippen molar-refractivity contribution in [2.24, 2.45) is 0 Å². The van der Waals surface area contributed by atoms with Crippen LogP contribution in [0, 0.1) is 3.57 Å². The summed E-state index contributed by atoms with van der Waals surface area (Å²) in [6.07, 6.45) is 9.58. The normalized spacial score (nSPS) is 10.5. The molecule has 1 aromatic carbocycles. The highest BCUT2D eigenvalue weighted by molar-refractivity contribution is 14.1. The van der Waals surface area contributed by atoms with Crippen LogP contribution >= 0.6 is 22.6 Å². The molecule has 0 nitrogen and oxygen atoms in total. The van der Waals surface area contributed by atoms with Gasteiger partial charge in [-0.15, -0.1) is 0 Å². The lowest BCUT2D eigenvalue weighted by Gasteiger charge is -2.04. The van der Waals surface area contributed by atoms with Crippen LogP contribution in [0.1, 0.15) is 51.0 Å². The highest BCUT2D eigenvalue weighted by Gasteiger charge is 1.97. The summed E-state index contributed by atoms with van der Waals surface area (Å²) < 4.78 is 1.42. The van der Waals surface area contributed by atoms with Crippen molar-refractivity contribution < 1.29 is 0 Å². The van der Waals surface area contributed by atoms with E-state index in [0.717, 1.165) is 0 Å². The van der Waals surface area contributed by atoms with Gasteiger partial charge >= 0.3 is 0 Å². The van der Waals surface area contributed by atoms with E-state index < -0.39 is 0 Å². The van der Waals surface area contributed by atoms with Gasteiger partial charge in [-0.25, -0.2) is 0 Å². The molecule has 0 aromatic heterocycles. The van der Waals surface area contributed by atoms with E-state index in [9.17, 15) is 0 Å². The fourth-order valence-electron chi connectivity index (χ4n) is 1.80. The second-order valence-corrected chi connectivity index (χ2v) is 5.27. The first-order chi connectivity index (χ1) is 7.34. The monoisotopic (exact) mass is 316 g/mol. The van der Waals surface area contributed by atoms with Crippen molar-refractivity contribution in [2.45, 2.75) is 51.9 Å². The van der Waals surface area contributed by atoms with Crippen molar-refractivity contribution in [3.05, 3.63) is 33.4 Å². The number of benzene rings is 1. The summed E-state index contributed by atoms with van der Waals surface area (Å²) in [5, 5.41) is 0. The van der Waals surface area contributed by atoms with Crippen LogP contribution in [0.5, 0.6) is 0 Å². The zero-order chi connectivity index (χ0) is 10.9. The Hall–Kier alpha value is -0.0500. The lowest BCUT2D eigenvalue weighted by Crippen LogP contribution is -1.89. The molecule has 0 saturated heterocycles. The molecule has 0 aliphatic rings. The van der Waals surface area contributed by atoms with Gasteiger partial charge in [0.1, 0.15) is 0 Å². The Morgan fingerprint density at radius 1 is 0.933 bits per heavy atom. The smallest absolute Gasteiger partial charge is 0.0162 e. The van der Waals surface area contributed by atoms with Gasteiger partial charge < -0.3 is 0 Å². The molecule has 0 aliphatic carbocycles. The van der Waals surface area contributed by atoms with Crippen LogP contribution in [0.25, 0.3) is 0 Å². The maximum Gasteiger partial charge on any atom is 0.0162 e. The van der Waals surface area contributed by atoms with Crippen LogP contribution in [0.3, 0.4) is 0 Å². The van der Waals surface area contributed by atoms with Gasteiger partial charge in [0.15, 0.2) is 0 Å². The highest BCUT2D eigenvalue weighted by Crippen LogP contribution is 2.15. The Morgan fingerprint density at radius 2 is 1.60 bits per heavy atom. The fourth-order valence-corrected chi connectivity index (χ4v) is 2.45. The summed E-state index contributed by atoms with van der Waals surface area (Å²) in [6.45, 7) is 2.27. The first-order valence-electron chi connectivity index (χ1n) is 6.08. The Bertz CT molecular complexity index is 268. The first-order valence-corrected chi connectivity index (χ1v) is 7.16. The number of unbranched alkanes of at least 4 members (excludes halogenated alkanes) is 5. The molecule has 0 atom stereocenters. The van der Waals surface area contributed by atoms with Gasteiger partial charge in [-0.2, -0.15) is 0 Å². The molecule has 1 rings (SSSR count). The van der Waals surface area contributed by atoms with Crippen LogP contribution in [0.4, 0.5) is 0 Å². The first kappa shape index (κ1) is 13.0. The quantitative estimate of drug-likeness (QED) is 0.479. The topological polar surface area (TPSA) is 0 Å². The van der Waals surface area contributed by atoms with Gasteiger partial charge in [0.2, 0.25) is 0 Å². The number of rotatable bonds is 7. The van der Waals surface area contributed by atoms with E-state index in [-0.39, 0.29) is 0 Å². The molecule has 0 fully saturated rings. The molecule has 0 saturated carbocycles. The molecule has 0 N–H and O–H groups in total. The minimum Gasteiger partial charge on any atom is -0.0654 e. The maximum absolute atomic E-state index is 2.43. The van der Waals surface area contributed by atoms with Crippen molar-refractivity contribution >= 4 is 22.6 Å². The number of hydrogen-bond donors (Lipinski definition) is 0. The zero-order valence-corrected chi connectivity index (χ0v) is 11.8. The third-order valence-corrected chi connectivity index (χ3v) is 3.81. The van der Waals surface area contributed by atoms with Crippen LogP contribution in [0.2, 0.25) is 0 Å². The molecular weight excluding hydrogens is 295 g/mol. The lowest BCUT2D eigenvalue weighted by molar-refractivity contribution is 0.607. The third kappa shape index (κ3) is 5.55. The Labute approximate surface area is 108 Å². The van der Waals surface area contributed by atoms with Crippen molar-refractivity contribution in [3.8, 4) is 0 Å². The highest BCUT2D eigenvalue weighted by atomic mass is 127. The number of hydrogen-bond acceptors (Lipinski definition) is 0. The maximum atomic E-state index is 2.43. The molecule has 0 bridgehead atoms. The van der Waals surface area contributed by atoms with Crippen molar-refractivity contribution in [1.29, 1.82) is 0 Å². The average molecular weight is 316 g/mol. The van der Waals surface area contributed by atoms with Crippen LogP contribution in [-0.4, -0.2) is 0 Å². The summed E-state index contributed by atoms with van der Waals surface area (Å²) in [7, 11) is 0. The van der Waals surface area contributed by atoms with E-state index in [2.05, 4.69) is 53.8 Å². The summed E-state index contributed by atoms with van der Waals surface area (Å²) in [6, 6.07) is 8.72. The van der Waals surface area contributed by atoms with Crippen LogP contribution < -0.4 is 0 Å². The summed E-state index contributed by atoms with van der Waals surface area (Å²) in [4.78, 5) is 0. The van der Waals surface area contributed by atoms with Gasteiger partial charge in [-0.3, -0.25) is 0 Å². The molecule has 0 aliphatic heterocycles. The van der Waals surface area contributed by atoms with E-state index in [1.807, 2.05) is 0 Å². The molecule has 0 amide bonds. The molecular formula is C14H21I. The van der Waals surface area contributed by atoms with E-state index in [1.165, 1.54) is 54.1 Å². The molecule has 1 aromatic rings. The van der Waals surface area contributed by atoms with Crippen LogP contribution in [0.15, 0.2) is 24.3 Å². The summed E-state index contributed by atoms with van der Waals surface area (Å²) in [5.41, 5.74) is 1.52.